The third-order valence-electron chi connectivity index (χ3n) is 3.37. The molecular weight excluding hydrogens is 212 g/mol. The van der Waals surface area contributed by atoms with Crippen LogP contribution in [0.15, 0.2) is 0 Å². The van der Waals surface area contributed by atoms with Gasteiger partial charge in [-0.25, -0.2) is 0 Å². The molecule has 0 saturated heterocycles. The maximum absolute atomic E-state index is 9.13. The van der Waals surface area contributed by atoms with Crippen molar-refractivity contribution < 1.29 is 0 Å². The Morgan fingerprint density at radius 1 is 1.29 bits per heavy atom. The average molecular weight is 240 g/mol. The zero-order valence-electron chi connectivity index (χ0n) is 12.2. The first kappa shape index (κ1) is 16.4. The van der Waals surface area contributed by atoms with Crippen molar-refractivity contribution in [2.45, 2.75) is 38.3 Å². The molecule has 0 aromatic carbocycles. The van der Waals surface area contributed by atoms with Crippen LogP contribution in [0, 0.1) is 11.3 Å². The van der Waals surface area contributed by atoms with Crippen molar-refractivity contribution in [2.75, 3.05) is 41.3 Å². The molecule has 0 aliphatic heterocycles. The molecule has 100 valence electrons. The summed E-state index contributed by atoms with van der Waals surface area (Å²) in [4.78, 5) is 4.53. The van der Waals surface area contributed by atoms with Crippen molar-refractivity contribution in [1.82, 2.24) is 15.1 Å². The normalized spacial score (nSPS) is 16.9. The Morgan fingerprint density at radius 3 is 2.29 bits per heavy atom. The summed E-state index contributed by atoms with van der Waals surface area (Å²) in [7, 11) is 8.17. The summed E-state index contributed by atoms with van der Waals surface area (Å²) in [5.41, 5.74) is -0.421. The fraction of sp³-hybridized carbons (Fsp3) is 0.923. The molecule has 0 aliphatic carbocycles. The number of nitrogens with one attached hydrogen (secondary N) is 1. The van der Waals surface area contributed by atoms with Crippen LogP contribution >= 0.6 is 0 Å². The second kappa shape index (κ2) is 7.65. The lowest BCUT2D eigenvalue weighted by Crippen LogP contribution is -2.45. The summed E-state index contributed by atoms with van der Waals surface area (Å²) >= 11 is 0. The molecule has 0 aromatic rings. The van der Waals surface area contributed by atoms with E-state index in [4.69, 9.17) is 5.26 Å². The maximum atomic E-state index is 9.13. The highest BCUT2D eigenvalue weighted by Gasteiger charge is 2.25. The fourth-order valence-electron chi connectivity index (χ4n) is 1.81. The first-order valence-corrected chi connectivity index (χ1v) is 6.30. The van der Waals surface area contributed by atoms with E-state index < -0.39 is 5.54 Å². The van der Waals surface area contributed by atoms with Crippen LogP contribution in [-0.2, 0) is 0 Å². The summed E-state index contributed by atoms with van der Waals surface area (Å²) in [5, 5.41) is 12.2. The van der Waals surface area contributed by atoms with E-state index in [1.165, 1.54) is 0 Å². The lowest BCUT2D eigenvalue weighted by molar-refractivity contribution is 0.207. The number of rotatable bonds is 8. The lowest BCUT2D eigenvalue weighted by atomic mass is 9.95. The van der Waals surface area contributed by atoms with Gasteiger partial charge in [-0.05, 0) is 68.0 Å². The predicted molar refractivity (Wildman–Crippen MR) is 73.0 cm³/mol. The molecular formula is C13H28N4. The standard InChI is InChI=1S/C13H28N4/c1-12(10-13(2,11-14)15-3)17(6)9-7-8-16(4)5/h12,15H,7-10H2,1-6H3. The van der Waals surface area contributed by atoms with E-state index in [1.54, 1.807) is 0 Å². The summed E-state index contributed by atoms with van der Waals surface area (Å²) in [6.07, 6.45) is 2.01. The Morgan fingerprint density at radius 2 is 1.88 bits per heavy atom. The van der Waals surface area contributed by atoms with Gasteiger partial charge in [0.15, 0.2) is 0 Å². The average Bonchev–Trinajstić information content (AvgIpc) is 2.28. The second-order valence-corrected chi connectivity index (χ2v) is 5.38. The van der Waals surface area contributed by atoms with Crippen LogP contribution < -0.4 is 5.32 Å². The molecule has 0 radical (unpaired) electrons. The number of hydrogen-bond acceptors (Lipinski definition) is 4. The van der Waals surface area contributed by atoms with Crippen molar-refractivity contribution in [3.05, 3.63) is 0 Å². The van der Waals surface area contributed by atoms with Gasteiger partial charge in [0.05, 0.1) is 6.07 Å². The first-order chi connectivity index (χ1) is 7.84. The highest BCUT2D eigenvalue weighted by molar-refractivity contribution is 5.04. The van der Waals surface area contributed by atoms with Crippen LogP contribution in [0.1, 0.15) is 26.7 Å². The molecule has 0 rings (SSSR count). The SMILES string of the molecule is CNC(C)(C#N)CC(C)N(C)CCCN(C)C. The van der Waals surface area contributed by atoms with Gasteiger partial charge in [-0.3, -0.25) is 0 Å². The minimum Gasteiger partial charge on any atom is -0.309 e. The Bertz CT molecular complexity index is 246. The zero-order valence-corrected chi connectivity index (χ0v) is 12.2. The van der Waals surface area contributed by atoms with E-state index in [0.717, 1.165) is 25.9 Å². The molecule has 2 unspecified atom stereocenters. The summed E-state index contributed by atoms with van der Waals surface area (Å²) < 4.78 is 0. The molecule has 0 fully saturated rings. The largest absolute Gasteiger partial charge is 0.309 e. The van der Waals surface area contributed by atoms with E-state index >= 15 is 0 Å². The van der Waals surface area contributed by atoms with Gasteiger partial charge in [-0.15, -0.1) is 0 Å². The molecule has 2 atom stereocenters. The van der Waals surface area contributed by atoms with E-state index in [1.807, 2.05) is 14.0 Å². The number of nitrogens with zero attached hydrogens (tertiary/aromatic N) is 3. The fourth-order valence-corrected chi connectivity index (χ4v) is 1.81. The van der Waals surface area contributed by atoms with Crippen LogP contribution in [0.25, 0.3) is 0 Å². The molecule has 4 nitrogen and oxygen atoms in total. The smallest absolute Gasteiger partial charge is 0.105 e. The van der Waals surface area contributed by atoms with Gasteiger partial charge in [-0.1, -0.05) is 0 Å². The minimum atomic E-state index is -0.421. The molecule has 1 N–H and O–H groups in total. The van der Waals surface area contributed by atoms with E-state index in [9.17, 15) is 0 Å². The van der Waals surface area contributed by atoms with E-state index in [-0.39, 0.29) is 0 Å². The highest BCUT2D eigenvalue weighted by atomic mass is 15.1. The van der Waals surface area contributed by atoms with Crippen molar-refractivity contribution in [3.8, 4) is 6.07 Å². The van der Waals surface area contributed by atoms with E-state index in [2.05, 4.69) is 49.3 Å². The van der Waals surface area contributed by atoms with Gasteiger partial charge in [0.25, 0.3) is 0 Å². The Labute approximate surface area is 107 Å². The van der Waals surface area contributed by atoms with Gasteiger partial charge in [0.2, 0.25) is 0 Å². The maximum Gasteiger partial charge on any atom is 0.105 e. The van der Waals surface area contributed by atoms with Gasteiger partial charge >= 0.3 is 0 Å². The Balaban J connectivity index is 4.05. The predicted octanol–water partition coefficient (Wildman–Crippen LogP) is 1.15. The molecule has 0 aliphatic rings. The molecule has 0 amide bonds. The van der Waals surface area contributed by atoms with Crippen molar-refractivity contribution in [1.29, 1.82) is 5.26 Å². The summed E-state index contributed by atoms with van der Waals surface area (Å²) in [6.45, 7) is 6.32. The molecule has 4 heteroatoms. The van der Waals surface area contributed by atoms with Crippen molar-refractivity contribution >= 4 is 0 Å². The van der Waals surface area contributed by atoms with Crippen molar-refractivity contribution in [3.63, 3.8) is 0 Å². The second-order valence-electron chi connectivity index (χ2n) is 5.38. The topological polar surface area (TPSA) is 42.3 Å². The Kier molecular flexibility index (Phi) is 7.37. The van der Waals surface area contributed by atoms with Crippen LogP contribution in [0.2, 0.25) is 0 Å². The zero-order chi connectivity index (χ0) is 13.5. The summed E-state index contributed by atoms with van der Waals surface area (Å²) in [5.74, 6) is 0. The van der Waals surface area contributed by atoms with Gasteiger partial charge in [0.1, 0.15) is 5.54 Å². The Hall–Kier alpha value is -0.630. The molecule has 0 spiro atoms. The van der Waals surface area contributed by atoms with Crippen LogP contribution in [0.3, 0.4) is 0 Å². The minimum absolute atomic E-state index is 0.411. The molecule has 0 saturated carbocycles. The monoisotopic (exact) mass is 240 g/mol. The quantitative estimate of drug-likeness (QED) is 0.691. The third-order valence-corrected chi connectivity index (χ3v) is 3.37. The first-order valence-electron chi connectivity index (χ1n) is 6.30. The highest BCUT2D eigenvalue weighted by Crippen LogP contribution is 2.14. The van der Waals surface area contributed by atoms with Gasteiger partial charge in [-0.2, -0.15) is 5.26 Å². The molecule has 17 heavy (non-hydrogen) atoms. The third kappa shape index (κ3) is 6.62. The lowest BCUT2D eigenvalue weighted by Gasteiger charge is -2.31. The molecule has 0 heterocycles. The van der Waals surface area contributed by atoms with Gasteiger partial charge < -0.3 is 15.1 Å². The van der Waals surface area contributed by atoms with Crippen LogP contribution in [-0.4, -0.2) is 62.7 Å². The molecule has 0 bridgehead atoms. The number of nitriles is 1. The van der Waals surface area contributed by atoms with Crippen molar-refractivity contribution in [2.24, 2.45) is 0 Å². The van der Waals surface area contributed by atoms with Gasteiger partial charge in [0, 0.05) is 6.04 Å². The van der Waals surface area contributed by atoms with E-state index in [0.29, 0.717) is 6.04 Å². The van der Waals surface area contributed by atoms with Crippen LogP contribution in [0.5, 0.6) is 0 Å². The number of hydrogen-bond donors (Lipinski definition) is 1. The summed E-state index contributed by atoms with van der Waals surface area (Å²) in [6, 6.07) is 2.75. The van der Waals surface area contributed by atoms with Crippen LogP contribution in [0.4, 0.5) is 0 Å². The molecule has 0 aromatic heterocycles.